The quantitative estimate of drug-likeness (QED) is 0.253. The van der Waals surface area contributed by atoms with Gasteiger partial charge in [-0.05, 0) is 15.6 Å². The van der Waals surface area contributed by atoms with E-state index in [0.717, 1.165) is 16.6 Å². The predicted octanol–water partition coefficient (Wildman–Crippen LogP) is 4.58. The van der Waals surface area contributed by atoms with E-state index in [2.05, 4.69) is 115 Å². The summed E-state index contributed by atoms with van der Waals surface area (Å²) in [5.74, 6) is 1.37. The molecule has 4 heteroatoms. The SMILES string of the molecule is c1ccc(-c2nc(-c3ccccc3)nc([Si](c3ccccc3)(c3ccccc3)c3ccccc3)n2)cc1. The van der Waals surface area contributed by atoms with Crippen LogP contribution in [-0.4, -0.2) is 23.0 Å². The predicted molar refractivity (Wildman–Crippen MR) is 154 cm³/mol. The van der Waals surface area contributed by atoms with Gasteiger partial charge in [0.25, 0.3) is 0 Å². The van der Waals surface area contributed by atoms with Gasteiger partial charge >= 0.3 is 0 Å². The van der Waals surface area contributed by atoms with E-state index in [4.69, 9.17) is 15.0 Å². The Balaban J connectivity index is 1.74. The third-order valence-electron chi connectivity index (χ3n) is 6.66. The Bertz CT molecular complexity index is 1440. The third-order valence-corrected chi connectivity index (χ3v) is 11.1. The monoisotopic (exact) mass is 491 g/mol. The second-order valence-corrected chi connectivity index (χ2v) is 12.6. The zero-order valence-electron chi connectivity index (χ0n) is 20.3. The zero-order chi connectivity index (χ0) is 24.9. The van der Waals surface area contributed by atoms with Crippen molar-refractivity contribution < 1.29 is 0 Å². The lowest BCUT2D eigenvalue weighted by atomic mass is 10.2. The Morgan fingerprint density at radius 2 is 0.622 bits per heavy atom. The van der Waals surface area contributed by atoms with Crippen molar-refractivity contribution in [2.75, 3.05) is 0 Å². The average molecular weight is 492 g/mol. The van der Waals surface area contributed by atoms with E-state index >= 15 is 0 Å². The summed E-state index contributed by atoms with van der Waals surface area (Å²) in [7, 11) is -2.89. The van der Waals surface area contributed by atoms with Crippen LogP contribution in [0.1, 0.15) is 0 Å². The van der Waals surface area contributed by atoms with Gasteiger partial charge in [-0.2, -0.15) is 0 Å². The second-order valence-electron chi connectivity index (χ2n) is 8.89. The molecule has 0 fully saturated rings. The van der Waals surface area contributed by atoms with Crippen molar-refractivity contribution in [1.29, 1.82) is 0 Å². The van der Waals surface area contributed by atoms with Crippen molar-refractivity contribution in [2.45, 2.75) is 0 Å². The summed E-state index contributed by atoms with van der Waals surface area (Å²) in [6, 6.07) is 52.6. The van der Waals surface area contributed by atoms with Crippen LogP contribution in [-0.2, 0) is 0 Å². The molecule has 0 amide bonds. The van der Waals surface area contributed by atoms with E-state index < -0.39 is 8.07 Å². The molecule has 6 aromatic rings. The Morgan fingerprint density at radius 1 is 0.324 bits per heavy atom. The second kappa shape index (κ2) is 10.1. The van der Waals surface area contributed by atoms with Gasteiger partial charge in [0.05, 0.1) is 0 Å². The van der Waals surface area contributed by atoms with Crippen molar-refractivity contribution in [1.82, 2.24) is 15.0 Å². The normalized spacial score (nSPS) is 11.2. The van der Waals surface area contributed by atoms with E-state index in [0.29, 0.717) is 11.6 Å². The molecule has 176 valence electrons. The maximum absolute atomic E-state index is 5.27. The highest BCUT2D eigenvalue weighted by molar-refractivity contribution is 7.19. The molecule has 3 nitrogen and oxygen atoms in total. The molecule has 6 rings (SSSR count). The molecule has 0 saturated carbocycles. The minimum Gasteiger partial charge on any atom is -0.217 e. The van der Waals surface area contributed by atoms with Crippen LogP contribution in [0.4, 0.5) is 0 Å². The van der Waals surface area contributed by atoms with Crippen LogP contribution >= 0.6 is 0 Å². The molecule has 0 aliphatic rings. The van der Waals surface area contributed by atoms with Gasteiger partial charge in [0.2, 0.25) is 8.07 Å². The Labute approximate surface area is 218 Å². The van der Waals surface area contributed by atoms with Gasteiger partial charge in [-0.1, -0.05) is 152 Å². The molecule has 0 aliphatic carbocycles. The van der Waals surface area contributed by atoms with Gasteiger partial charge in [-0.15, -0.1) is 0 Å². The van der Waals surface area contributed by atoms with Crippen LogP contribution < -0.4 is 21.0 Å². The Kier molecular flexibility index (Phi) is 6.23. The standard InChI is InChI=1S/C33H25N3Si/c1-6-16-26(17-7-1)31-34-32(27-18-8-2-9-19-27)36-33(35-31)37(28-20-10-3-11-21-28,29-22-12-4-13-23-29)30-24-14-5-15-25-30/h1-25H. The van der Waals surface area contributed by atoms with Crippen LogP contribution in [0.5, 0.6) is 0 Å². The van der Waals surface area contributed by atoms with Crippen LogP contribution in [0, 0.1) is 0 Å². The average Bonchev–Trinajstić information content (AvgIpc) is 3.00. The van der Waals surface area contributed by atoms with Gasteiger partial charge < -0.3 is 0 Å². The van der Waals surface area contributed by atoms with Crippen molar-refractivity contribution in [3.8, 4) is 22.8 Å². The fourth-order valence-corrected chi connectivity index (χ4v) is 9.33. The van der Waals surface area contributed by atoms with E-state index in [1.807, 2.05) is 36.4 Å². The number of hydrogen-bond acceptors (Lipinski definition) is 3. The molecule has 1 aromatic heterocycles. The lowest BCUT2D eigenvalue weighted by Gasteiger charge is -2.32. The largest absolute Gasteiger partial charge is 0.226 e. The van der Waals surface area contributed by atoms with Crippen molar-refractivity contribution >= 4 is 29.1 Å². The summed E-state index contributed by atoms with van der Waals surface area (Å²) in [6.07, 6.45) is 0. The van der Waals surface area contributed by atoms with Crippen molar-refractivity contribution in [3.63, 3.8) is 0 Å². The first-order chi connectivity index (χ1) is 18.4. The summed E-state index contributed by atoms with van der Waals surface area (Å²) in [4.78, 5) is 15.5. The van der Waals surface area contributed by atoms with Crippen LogP contribution in [0.15, 0.2) is 152 Å². The number of hydrogen-bond donors (Lipinski definition) is 0. The highest BCUT2D eigenvalue weighted by Gasteiger charge is 2.45. The molecule has 1 heterocycles. The van der Waals surface area contributed by atoms with Gasteiger partial charge in [-0.25, -0.2) is 15.0 Å². The minimum absolute atomic E-state index is 0.684. The highest BCUT2D eigenvalue weighted by Crippen LogP contribution is 2.19. The van der Waals surface area contributed by atoms with E-state index in [1.165, 1.54) is 15.6 Å². The zero-order valence-corrected chi connectivity index (χ0v) is 21.3. The molecule has 0 saturated heterocycles. The number of benzene rings is 5. The Hall–Kier alpha value is -4.67. The fourth-order valence-electron chi connectivity index (χ4n) is 4.93. The molecule has 0 radical (unpaired) electrons. The molecule has 0 bridgehead atoms. The molecule has 5 aromatic carbocycles. The molecular weight excluding hydrogens is 466 g/mol. The lowest BCUT2D eigenvalue weighted by molar-refractivity contribution is 1.10. The van der Waals surface area contributed by atoms with Crippen LogP contribution in [0.25, 0.3) is 22.8 Å². The van der Waals surface area contributed by atoms with Gasteiger partial charge in [-0.3, -0.25) is 0 Å². The molecule has 0 spiro atoms. The van der Waals surface area contributed by atoms with Gasteiger partial charge in [0.15, 0.2) is 11.6 Å². The maximum Gasteiger partial charge on any atom is 0.226 e. The smallest absolute Gasteiger partial charge is 0.217 e. The van der Waals surface area contributed by atoms with Crippen molar-refractivity contribution in [3.05, 3.63) is 152 Å². The number of nitrogens with zero attached hydrogens (tertiary/aromatic N) is 3. The first kappa shape index (κ1) is 22.8. The van der Waals surface area contributed by atoms with Gasteiger partial charge in [0.1, 0.15) is 5.45 Å². The summed E-state index contributed by atoms with van der Waals surface area (Å²) < 4.78 is 0. The number of aromatic nitrogens is 3. The summed E-state index contributed by atoms with van der Waals surface area (Å²) >= 11 is 0. The van der Waals surface area contributed by atoms with Crippen LogP contribution in [0.2, 0.25) is 0 Å². The van der Waals surface area contributed by atoms with Crippen molar-refractivity contribution in [2.24, 2.45) is 0 Å². The summed E-state index contributed by atoms with van der Waals surface area (Å²) in [5.41, 5.74) is 2.77. The third kappa shape index (κ3) is 4.28. The fraction of sp³-hybridized carbons (Fsp3) is 0. The molecule has 0 unspecified atom stereocenters. The molecule has 0 N–H and O–H groups in total. The Morgan fingerprint density at radius 3 is 0.946 bits per heavy atom. The first-order valence-corrected chi connectivity index (χ1v) is 14.4. The summed E-state index contributed by atoms with van der Waals surface area (Å²) in [5, 5.41) is 3.70. The highest BCUT2D eigenvalue weighted by atomic mass is 28.3. The maximum atomic E-state index is 5.27. The molecular formula is C33H25N3Si. The summed E-state index contributed by atoms with van der Waals surface area (Å²) in [6.45, 7) is 0. The topological polar surface area (TPSA) is 38.7 Å². The van der Waals surface area contributed by atoms with Gasteiger partial charge in [0, 0.05) is 11.1 Å². The molecule has 0 atom stereocenters. The lowest BCUT2D eigenvalue weighted by Crippen LogP contribution is -2.76. The first-order valence-electron chi connectivity index (χ1n) is 12.4. The van der Waals surface area contributed by atoms with E-state index in [1.54, 1.807) is 0 Å². The van der Waals surface area contributed by atoms with Crippen LogP contribution in [0.3, 0.4) is 0 Å². The van der Waals surface area contributed by atoms with E-state index in [-0.39, 0.29) is 0 Å². The molecule has 37 heavy (non-hydrogen) atoms. The molecule has 0 aliphatic heterocycles. The minimum atomic E-state index is -2.89. The number of rotatable bonds is 6. The van der Waals surface area contributed by atoms with E-state index in [9.17, 15) is 0 Å².